The third kappa shape index (κ3) is 3.04. The number of halogens is 5. The van der Waals surface area contributed by atoms with Gasteiger partial charge in [-0.05, 0) is 0 Å². The molecule has 6 heteroatoms. The second kappa shape index (κ2) is 3.38. The minimum absolute atomic E-state index is 0.241. The van der Waals surface area contributed by atoms with Crippen LogP contribution in [0.1, 0.15) is 0 Å². The lowest BCUT2D eigenvalue weighted by Crippen LogP contribution is -2.41. The molecule has 1 atom stereocenters. The zero-order valence-corrected chi connectivity index (χ0v) is 9.38. The van der Waals surface area contributed by atoms with Crippen LogP contribution in [0, 0.1) is 0 Å². The Kier molecular flexibility index (Phi) is 4.00. The second-order valence-corrected chi connectivity index (χ2v) is 11.8. The van der Waals surface area contributed by atoms with Crippen LogP contribution in [-0.4, -0.2) is 16.3 Å². The predicted molar refractivity (Wildman–Crippen MR) is 48.5 cm³/mol. The molecule has 9 heavy (non-hydrogen) atoms. The van der Waals surface area contributed by atoms with Gasteiger partial charge in [0.05, 0.1) is 0 Å². The molecule has 0 saturated heterocycles. The first-order valence-electron chi connectivity index (χ1n) is 2.13. The van der Waals surface area contributed by atoms with E-state index in [1.165, 1.54) is 0 Å². The van der Waals surface area contributed by atoms with Gasteiger partial charge < -0.3 is 0 Å². The van der Waals surface area contributed by atoms with Crippen molar-refractivity contribution in [2.24, 2.45) is 0 Å². The van der Waals surface area contributed by atoms with Crippen molar-refractivity contribution >= 4 is 64.9 Å². The third-order valence-corrected chi connectivity index (χ3v) is 10.4. The van der Waals surface area contributed by atoms with Crippen LogP contribution < -0.4 is 0 Å². The van der Waals surface area contributed by atoms with E-state index in [0.29, 0.717) is 0 Å². The Morgan fingerprint density at radius 2 is 1.67 bits per heavy atom. The van der Waals surface area contributed by atoms with Gasteiger partial charge in [-0.3, -0.25) is 0 Å². The minimum atomic E-state index is -2.34. The van der Waals surface area contributed by atoms with Crippen LogP contribution in [0.5, 0.6) is 0 Å². The Morgan fingerprint density at radius 3 is 1.67 bits per heavy atom. The molecule has 0 rings (SSSR count). The molecule has 0 aromatic heterocycles. The van der Waals surface area contributed by atoms with E-state index in [4.69, 9.17) is 57.5 Å². The van der Waals surface area contributed by atoms with E-state index in [1.54, 1.807) is 6.55 Å². The molecule has 0 spiro atoms. The van der Waals surface area contributed by atoms with E-state index in [0.717, 1.165) is 0 Å². The summed E-state index contributed by atoms with van der Waals surface area (Å²) in [5.41, 5.74) is 0.241. The lowest BCUT2D eigenvalue weighted by atomic mass is 11.8. The van der Waals surface area contributed by atoms with Crippen LogP contribution in [0.25, 0.3) is 0 Å². The van der Waals surface area contributed by atoms with Crippen LogP contribution in [0.3, 0.4) is 0 Å². The van der Waals surface area contributed by atoms with Gasteiger partial charge in [-0.1, -0.05) is 41.3 Å². The molecule has 0 N–H and O–H groups in total. The maximum atomic E-state index is 5.81. The monoisotopic (exact) mass is 244 g/mol. The number of hydrogen-bond acceptors (Lipinski definition) is 0. The van der Waals surface area contributed by atoms with Gasteiger partial charge in [0, 0.05) is 5.50 Å². The summed E-state index contributed by atoms with van der Waals surface area (Å²) in [6, 6.07) is 0. The molecule has 56 valence electrons. The molecule has 0 radical (unpaired) electrons. The fourth-order valence-electron chi connectivity index (χ4n) is 0.0758. The van der Waals surface area contributed by atoms with Gasteiger partial charge in [0.25, 0.3) is 0 Å². The molecule has 0 aliphatic carbocycles. The Balaban J connectivity index is 4.14. The van der Waals surface area contributed by atoms with Crippen molar-refractivity contribution in [1.82, 2.24) is 0 Å². The number of rotatable bonds is 1. The molecule has 0 heterocycles. The van der Waals surface area contributed by atoms with Crippen molar-refractivity contribution < 1.29 is 0 Å². The fraction of sp³-hybridized carbons (Fsp3) is 1.00. The maximum absolute atomic E-state index is 5.81. The Hall–Kier alpha value is 1.67. The normalized spacial score (nSPS) is 19.3. The summed E-state index contributed by atoms with van der Waals surface area (Å²) in [4.78, 5) is 0. The predicted octanol–water partition coefficient (Wildman–Crippen LogP) is 3.49. The quantitative estimate of drug-likeness (QED) is 0.377. The van der Waals surface area contributed by atoms with Crippen molar-refractivity contribution in [3.63, 3.8) is 0 Å². The molecular formula is C3H5Cl5Si. The Morgan fingerprint density at radius 1 is 1.33 bits per heavy atom. The summed E-state index contributed by atoms with van der Waals surface area (Å²) >= 11 is 27.8. The first-order chi connectivity index (χ1) is 3.81. The van der Waals surface area contributed by atoms with Gasteiger partial charge in [0.15, 0.2) is 3.42 Å². The van der Waals surface area contributed by atoms with Crippen LogP contribution in [0.4, 0.5) is 0 Å². The highest BCUT2D eigenvalue weighted by molar-refractivity contribution is 7.31. The van der Waals surface area contributed by atoms with E-state index >= 15 is 0 Å². The number of hydrogen-bond donors (Lipinski definition) is 0. The molecule has 0 aromatic rings. The van der Waals surface area contributed by atoms with Crippen molar-refractivity contribution in [2.75, 3.05) is 5.50 Å². The van der Waals surface area contributed by atoms with Crippen LogP contribution in [0.2, 0.25) is 6.55 Å². The van der Waals surface area contributed by atoms with E-state index in [2.05, 4.69) is 0 Å². The summed E-state index contributed by atoms with van der Waals surface area (Å²) in [5, 5.41) is 0. The standard InChI is InChI=1S/C3H5Cl5Si/c1-9(8,2-4)3(5,6)7/h2H2,1H3. The van der Waals surface area contributed by atoms with Crippen LogP contribution in [-0.2, 0) is 0 Å². The average molecular weight is 246 g/mol. The molecule has 0 nitrogen and oxygen atoms in total. The number of alkyl halides is 4. The highest BCUT2D eigenvalue weighted by atomic mass is 35.6. The van der Waals surface area contributed by atoms with Gasteiger partial charge in [0.1, 0.15) is 0 Å². The summed E-state index contributed by atoms with van der Waals surface area (Å²) in [6.07, 6.45) is 0. The van der Waals surface area contributed by atoms with E-state index in [9.17, 15) is 0 Å². The second-order valence-electron chi connectivity index (χ2n) is 1.83. The lowest BCUT2D eigenvalue weighted by molar-refractivity contribution is 1.55. The van der Waals surface area contributed by atoms with Crippen molar-refractivity contribution in [3.05, 3.63) is 0 Å². The molecular weight excluding hydrogens is 241 g/mol. The highest BCUT2D eigenvalue weighted by Gasteiger charge is 2.45. The molecule has 0 amide bonds. The molecule has 0 saturated carbocycles. The van der Waals surface area contributed by atoms with Gasteiger partial charge >= 0.3 is 0 Å². The third-order valence-electron chi connectivity index (χ3n) is 0.842. The van der Waals surface area contributed by atoms with Crippen LogP contribution >= 0.6 is 57.5 Å². The first kappa shape index (κ1) is 10.7. The summed E-state index contributed by atoms with van der Waals surface area (Å²) in [5.74, 6) is 0. The van der Waals surface area contributed by atoms with Crippen LogP contribution in [0.15, 0.2) is 0 Å². The summed E-state index contributed by atoms with van der Waals surface area (Å²) in [6.45, 7) is 1.70. The molecule has 0 aromatic carbocycles. The lowest BCUT2D eigenvalue weighted by Gasteiger charge is -2.24. The summed E-state index contributed by atoms with van der Waals surface area (Å²) < 4.78 is -1.36. The SMILES string of the molecule is C[Si](Cl)(CCl)C(Cl)(Cl)Cl. The van der Waals surface area contributed by atoms with E-state index in [-0.39, 0.29) is 5.50 Å². The Labute approximate surface area is 80.1 Å². The molecule has 0 bridgehead atoms. The topological polar surface area (TPSA) is 0 Å². The largest absolute Gasteiger partial charge is 0.225 e. The fourth-order valence-corrected chi connectivity index (χ4v) is 2.05. The van der Waals surface area contributed by atoms with Gasteiger partial charge in [-0.25, -0.2) is 0 Å². The molecule has 0 aliphatic heterocycles. The highest BCUT2D eigenvalue weighted by Crippen LogP contribution is 2.39. The smallest absolute Gasteiger partial charge is 0.161 e. The Bertz CT molecular complexity index is 94.9. The first-order valence-corrected chi connectivity index (χ1v) is 7.51. The zero-order chi connectivity index (χ0) is 7.71. The van der Waals surface area contributed by atoms with Gasteiger partial charge in [-0.2, -0.15) is 11.1 Å². The van der Waals surface area contributed by atoms with Crippen molar-refractivity contribution in [3.8, 4) is 0 Å². The minimum Gasteiger partial charge on any atom is -0.161 e. The maximum Gasteiger partial charge on any atom is 0.225 e. The van der Waals surface area contributed by atoms with Gasteiger partial charge in [-0.15, -0.1) is 11.6 Å². The van der Waals surface area contributed by atoms with E-state index < -0.39 is 10.8 Å². The molecule has 1 unspecified atom stereocenters. The van der Waals surface area contributed by atoms with Gasteiger partial charge in [0.2, 0.25) is 7.38 Å². The van der Waals surface area contributed by atoms with Crippen molar-refractivity contribution in [1.29, 1.82) is 0 Å². The molecule has 0 fully saturated rings. The van der Waals surface area contributed by atoms with E-state index in [1.807, 2.05) is 0 Å². The summed E-state index contributed by atoms with van der Waals surface area (Å²) in [7, 11) is -2.34. The average Bonchev–Trinajstić information content (AvgIpc) is 1.64. The molecule has 0 aliphatic rings. The van der Waals surface area contributed by atoms with Crippen molar-refractivity contribution in [2.45, 2.75) is 9.96 Å². The zero-order valence-electron chi connectivity index (χ0n) is 4.60.